The molecule has 1 amide bonds. The Bertz CT molecular complexity index is 1460. The molecule has 0 unspecified atom stereocenters. The van der Waals surface area contributed by atoms with Crippen LogP contribution in [0.2, 0.25) is 0 Å². The van der Waals surface area contributed by atoms with Crippen LogP contribution in [0, 0.1) is 5.82 Å². The molecule has 0 aliphatic carbocycles. The van der Waals surface area contributed by atoms with E-state index in [9.17, 15) is 18.8 Å². The van der Waals surface area contributed by atoms with Crippen molar-refractivity contribution in [3.05, 3.63) is 74.8 Å². The predicted molar refractivity (Wildman–Crippen MR) is 118 cm³/mol. The van der Waals surface area contributed by atoms with Gasteiger partial charge < -0.3 is 19.6 Å². The summed E-state index contributed by atoms with van der Waals surface area (Å²) in [6, 6.07) is 10.7. The minimum Gasteiger partial charge on any atom is -0.497 e. The molecule has 0 atom stereocenters. The molecule has 0 radical (unpaired) electrons. The average molecular weight is 436 g/mol. The minimum absolute atomic E-state index is 0.136. The molecule has 5 rings (SSSR count). The molecule has 1 aliphatic heterocycles. The van der Waals surface area contributed by atoms with Crippen LogP contribution < -0.4 is 16.0 Å². The van der Waals surface area contributed by atoms with Crippen LogP contribution in [0.15, 0.2) is 52.1 Å². The van der Waals surface area contributed by atoms with E-state index in [0.29, 0.717) is 42.9 Å². The standard InChI is InChI=1S/C23H21FN4O4/c1-32-16-4-2-13-10-20(25-19(13)12-16)22(30)27-8-6-15(7-9-27)28-21(29)17-11-14(24)3-5-18(17)26-23(28)31/h2-5,10-12,15,25H,6-9H2,1H3,(H,26,31). The second-order valence-electron chi connectivity index (χ2n) is 7.95. The number of methoxy groups -OCH3 is 1. The number of carbonyl (C=O) groups excluding carboxylic acids is 1. The highest BCUT2D eigenvalue weighted by molar-refractivity contribution is 5.98. The Labute approximate surface area is 181 Å². The van der Waals surface area contributed by atoms with E-state index < -0.39 is 17.1 Å². The van der Waals surface area contributed by atoms with E-state index >= 15 is 0 Å². The number of benzene rings is 2. The van der Waals surface area contributed by atoms with Crippen molar-refractivity contribution in [2.24, 2.45) is 0 Å². The van der Waals surface area contributed by atoms with Gasteiger partial charge in [0.1, 0.15) is 17.3 Å². The molecule has 0 saturated carbocycles. The smallest absolute Gasteiger partial charge is 0.329 e. The fourth-order valence-electron chi connectivity index (χ4n) is 4.38. The molecule has 0 spiro atoms. The molecular formula is C23H21FN4O4. The van der Waals surface area contributed by atoms with E-state index in [1.807, 2.05) is 18.2 Å². The van der Waals surface area contributed by atoms with Gasteiger partial charge in [-0.25, -0.2) is 9.18 Å². The molecule has 1 saturated heterocycles. The molecule has 2 N–H and O–H groups in total. The van der Waals surface area contributed by atoms with Gasteiger partial charge in [0, 0.05) is 36.1 Å². The number of halogens is 1. The van der Waals surface area contributed by atoms with Gasteiger partial charge in [0.15, 0.2) is 0 Å². The number of piperidine rings is 1. The van der Waals surface area contributed by atoms with Crippen molar-refractivity contribution in [1.82, 2.24) is 19.4 Å². The number of ether oxygens (including phenoxy) is 1. The van der Waals surface area contributed by atoms with Gasteiger partial charge in [-0.1, -0.05) is 0 Å². The maximum Gasteiger partial charge on any atom is 0.329 e. The van der Waals surface area contributed by atoms with Gasteiger partial charge in [0.25, 0.3) is 11.5 Å². The van der Waals surface area contributed by atoms with Gasteiger partial charge >= 0.3 is 5.69 Å². The first-order valence-corrected chi connectivity index (χ1v) is 10.3. The first kappa shape index (κ1) is 20.0. The third-order valence-corrected chi connectivity index (χ3v) is 6.07. The molecule has 0 bridgehead atoms. The van der Waals surface area contributed by atoms with Gasteiger partial charge in [-0.15, -0.1) is 0 Å². The highest BCUT2D eigenvalue weighted by Crippen LogP contribution is 2.25. The van der Waals surface area contributed by atoms with Crippen LogP contribution in [0.4, 0.5) is 4.39 Å². The van der Waals surface area contributed by atoms with Crippen molar-refractivity contribution in [1.29, 1.82) is 0 Å². The molecule has 4 aromatic rings. The van der Waals surface area contributed by atoms with Crippen LogP contribution in [0.3, 0.4) is 0 Å². The van der Waals surface area contributed by atoms with E-state index in [1.165, 1.54) is 12.1 Å². The topological polar surface area (TPSA) is 100 Å². The number of hydrogen-bond donors (Lipinski definition) is 2. The maximum atomic E-state index is 13.6. The number of H-pyrrole nitrogens is 2. The van der Waals surface area contributed by atoms with Crippen molar-refractivity contribution in [2.45, 2.75) is 18.9 Å². The van der Waals surface area contributed by atoms with Crippen LogP contribution in [-0.4, -0.2) is 45.5 Å². The molecule has 2 aromatic heterocycles. The zero-order valence-corrected chi connectivity index (χ0v) is 17.4. The van der Waals surface area contributed by atoms with Crippen molar-refractivity contribution < 1.29 is 13.9 Å². The number of rotatable bonds is 3. The Balaban J connectivity index is 1.37. The first-order valence-electron chi connectivity index (χ1n) is 10.3. The van der Waals surface area contributed by atoms with Crippen molar-refractivity contribution in [2.75, 3.05) is 20.2 Å². The quantitative estimate of drug-likeness (QED) is 0.516. The second kappa shape index (κ2) is 7.67. The fraction of sp³-hybridized carbons (Fsp3) is 0.261. The SMILES string of the molecule is COc1ccc2cc(C(=O)N3CCC(n4c(=O)[nH]c5ccc(F)cc5c4=O)CC3)[nH]c2c1. The lowest BCUT2D eigenvalue weighted by Gasteiger charge is -2.32. The highest BCUT2D eigenvalue weighted by Gasteiger charge is 2.27. The Morgan fingerprint density at radius 3 is 2.56 bits per heavy atom. The van der Waals surface area contributed by atoms with Crippen LogP contribution in [-0.2, 0) is 0 Å². The number of fused-ring (bicyclic) bond motifs is 2. The summed E-state index contributed by atoms with van der Waals surface area (Å²) in [7, 11) is 1.59. The zero-order valence-electron chi connectivity index (χ0n) is 17.4. The number of aromatic amines is 2. The number of likely N-dealkylation sites (tertiary alicyclic amines) is 1. The van der Waals surface area contributed by atoms with E-state index in [4.69, 9.17) is 4.74 Å². The Kier molecular flexibility index (Phi) is 4.80. The number of carbonyl (C=O) groups is 1. The van der Waals surface area contributed by atoms with Crippen molar-refractivity contribution in [3.8, 4) is 5.75 Å². The Morgan fingerprint density at radius 1 is 1.03 bits per heavy atom. The molecule has 8 nitrogen and oxygen atoms in total. The number of nitrogens with one attached hydrogen (secondary N) is 2. The molecule has 32 heavy (non-hydrogen) atoms. The zero-order chi connectivity index (χ0) is 22.4. The average Bonchev–Trinajstić information content (AvgIpc) is 3.23. The third-order valence-electron chi connectivity index (χ3n) is 6.07. The largest absolute Gasteiger partial charge is 0.497 e. The first-order chi connectivity index (χ1) is 15.4. The summed E-state index contributed by atoms with van der Waals surface area (Å²) < 4.78 is 20.0. The summed E-state index contributed by atoms with van der Waals surface area (Å²) in [6.45, 7) is 0.796. The van der Waals surface area contributed by atoms with Gasteiger partial charge in [-0.05, 0) is 49.2 Å². The highest BCUT2D eigenvalue weighted by atomic mass is 19.1. The lowest BCUT2D eigenvalue weighted by atomic mass is 10.0. The Morgan fingerprint density at radius 2 is 1.81 bits per heavy atom. The minimum atomic E-state index is -0.537. The lowest BCUT2D eigenvalue weighted by Crippen LogP contribution is -2.45. The monoisotopic (exact) mass is 436 g/mol. The lowest BCUT2D eigenvalue weighted by molar-refractivity contribution is 0.0687. The molecular weight excluding hydrogens is 415 g/mol. The van der Waals surface area contributed by atoms with Gasteiger partial charge in [-0.3, -0.25) is 14.2 Å². The summed E-state index contributed by atoms with van der Waals surface area (Å²) >= 11 is 0. The van der Waals surface area contributed by atoms with Gasteiger partial charge in [0.2, 0.25) is 0 Å². The summed E-state index contributed by atoms with van der Waals surface area (Å²) in [5.74, 6) is 0.0233. The number of hydrogen-bond acceptors (Lipinski definition) is 4. The maximum absolute atomic E-state index is 13.6. The molecule has 1 fully saturated rings. The van der Waals surface area contributed by atoms with Crippen LogP contribution in [0.1, 0.15) is 29.4 Å². The van der Waals surface area contributed by atoms with Crippen LogP contribution >= 0.6 is 0 Å². The number of nitrogens with zero attached hydrogens (tertiary/aromatic N) is 2. The summed E-state index contributed by atoms with van der Waals surface area (Å²) in [4.78, 5) is 45.9. The molecule has 3 heterocycles. The molecule has 9 heteroatoms. The van der Waals surface area contributed by atoms with Gasteiger partial charge in [0.05, 0.1) is 18.0 Å². The second-order valence-corrected chi connectivity index (χ2v) is 7.95. The van der Waals surface area contributed by atoms with Crippen LogP contribution in [0.5, 0.6) is 5.75 Å². The van der Waals surface area contributed by atoms with E-state index in [1.54, 1.807) is 18.1 Å². The van der Waals surface area contributed by atoms with E-state index in [2.05, 4.69) is 9.97 Å². The normalized spacial score (nSPS) is 14.9. The molecule has 1 aliphatic rings. The molecule has 164 valence electrons. The van der Waals surface area contributed by atoms with Gasteiger partial charge in [-0.2, -0.15) is 0 Å². The third kappa shape index (κ3) is 3.35. The van der Waals surface area contributed by atoms with E-state index in [-0.39, 0.29) is 17.3 Å². The summed E-state index contributed by atoms with van der Waals surface area (Å²) in [6.07, 6.45) is 0.896. The number of amides is 1. The summed E-state index contributed by atoms with van der Waals surface area (Å²) in [5.41, 5.74) is 0.550. The van der Waals surface area contributed by atoms with Crippen LogP contribution in [0.25, 0.3) is 21.8 Å². The Hall–Kier alpha value is -3.88. The van der Waals surface area contributed by atoms with Crippen molar-refractivity contribution in [3.63, 3.8) is 0 Å². The fourth-order valence-corrected chi connectivity index (χ4v) is 4.38. The summed E-state index contributed by atoms with van der Waals surface area (Å²) in [5, 5.41) is 1.04. The van der Waals surface area contributed by atoms with E-state index in [0.717, 1.165) is 21.5 Å². The van der Waals surface area contributed by atoms with Crippen molar-refractivity contribution >= 4 is 27.7 Å². The predicted octanol–water partition coefficient (Wildman–Crippen LogP) is 2.80. The number of aromatic nitrogens is 3. The molecule has 2 aromatic carbocycles.